The van der Waals surface area contributed by atoms with Crippen LogP contribution >= 0.6 is 0 Å². The van der Waals surface area contributed by atoms with Crippen molar-refractivity contribution < 1.29 is 8.98 Å². The van der Waals surface area contributed by atoms with Crippen LogP contribution in [0.15, 0.2) is 53.1 Å². The van der Waals surface area contributed by atoms with Crippen LogP contribution in [-0.2, 0) is 7.05 Å². The van der Waals surface area contributed by atoms with Crippen LogP contribution in [0.4, 0.5) is 0 Å². The number of furan rings is 1. The summed E-state index contributed by atoms with van der Waals surface area (Å²) in [5.74, 6) is 0. The summed E-state index contributed by atoms with van der Waals surface area (Å²) in [5, 5.41) is 20.4. The van der Waals surface area contributed by atoms with Crippen molar-refractivity contribution in [3.8, 4) is 23.4 Å². The van der Waals surface area contributed by atoms with Crippen molar-refractivity contribution >= 4 is 21.9 Å². The summed E-state index contributed by atoms with van der Waals surface area (Å²) < 4.78 is 8.19. The van der Waals surface area contributed by atoms with Crippen LogP contribution in [0.1, 0.15) is 16.7 Å². The van der Waals surface area contributed by atoms with E-state index in [0.29, 0.717) is 16.7 Å². The zero-order valence-electron chi connectivity index (χ0n) is 13.9. The van der Waals surface area contributed by atoms with Gasteiger partial charge in [-0.15, -0.1) is 0 Å². The van der Waals surface area contributed by atoms with Crippen LogP contribution in [0.25, 0.3) is 33.2 Å². The molecule has 118 valence electrons. The van der Waals surface area contributed by atoms with Gasteiger partial charge in [-0.1, -0.05) is 12.1 Å². The highest BCUT2D eigenvalue weighted by atomic mass is 16.3. The SMILES string of the molecule is Cc1ccc2c(oc3c(C#N)cc(C#N)cc32)c1-c1cccc[n+]1C. The van der Waals surface area contributed by atoms with Crippen molar-refractivity contribution in [2.75, 3.05) is 0 Å². The van der Waals surface area contributed by atoms with Crippen molar-refractivity contribution in [1.82, 2.24) is 0 Å². The lowest BCUT2D eigenvalue weighted by molar-refractivity contribution is -0.660. The van der Waals surface area contributed by atoms with Crippen LogP contribution in [0.2, 0.25) is 0 Å². The van der Waals surface area contributed by atoms with Gasteiger partial charge < -0.3 is 4.42 Å². The zero-order chi connectivity index (χ0) is 17.6. The Kier molecular flexibility index (Phi) is 3.27. The van der Waals surface area contributed by atoms with Crippen LogP contribution in [0.5, 0.6) is 0 Å². The van der Waals surface area contributed by atoms with Crippen molar-refractivity contribution in [1.29, 1.82) is 10.5 Å². The van der Waals surface area contributed by atoms with Crippen molar-refractivity contribution in [3.05, 3.63) is 65.4 Å². The Balaban J connectivity index is 2.20. The van der Waals surface area contributed by atoms with Gasteiger partial charge in [0.05, 0.1) is 22.8 Å². The van der Waals surface area contributed by atoms with E-state index in [2.05, 4.69) is 12.1 Å². The van der Waals surface area contributed by atoms with Gasteiger partial charge >= 0.3 is 0 Å². The van der Waals surface area contributed by atoms with Gasteiger partial charge in [0.2, 0.25) is 5.69 Å². The predicted octanol–water partition coefficient (Wildman–Crippen LogP) is 4.13. The third-order valence-electron chi connectivity index (χ3n) is 4.51. The average Bonchev–Trinajstić information content (AvgIpc) is 3.00. The van der Waals surface area contributed by atoms with E-state index in [1.807, 2.05) is 55.1 Å². The van der Waals surface area contributed by atoms with Gasteiger partial charge in [0.1, 0.15) is 18.7 Å². The normalized spacial score (nSPS) is 10.7. The van der Waals surface area contributed by atoms with E-state index < -0.39 is 0 Å². The van der Waals surface area contributed by atoms with E-state index in [1.165, 1.54) is 0 Å². The van der Waals surface area contributed by atoms with E-state index >= 15 is 0 Å². The minimum Gasteiger partial charge on any atom is -0.454 e. The molecule has 0 N–H and O–H groups in total. The number of nitriles is 2. The maximum absolute atomic E-state index is 9.44. The molecule has 25 heavy (non-hydrogen) atoms. The van der Waals surface area contributed by atoms with Crippen LogP contribution in [0.3, 0.4) is 0 Å². The molecular formula is C21H14N3O+. The second-order valence-corrected chi connectivity index (χ2v) is 6.06. The molecule has 2 aromatic heterocycles. The number of aromatic nitrogens is 1. The molecule has 2 aromatic carbocycles. The molecule has 4 aromatic rings. The third kappa shape index (κ3) is 2.16. The molecule has 0 bridgehead atoms. The van der Waals surface area contributed by atoms with Crippen molar-refractivity contribution in [2.24, 2.45) is 7.05 Å². The molecule has 0 unspecified atom stereocenters. The molecule has 0 aliphatic heterocycles. The number of rotatable bonds is 1. The number of pyridine rings is 1. The first kappa shape index (κ1) is 14.9. The molecule has 0 spiro atoms. The Labute approximate surface area is 144 Å². The summed E-state index contributed by atoms with van der Waals surface area (Å²) in [7, 11) is 1.99. The first-order valence-electron chi connectivity index (χ1n) is 7.89. The molecule has 0 amide bonds. The van der Waals surface area contributed by atoms with E-state index in [1.54, 1.807) is 12.1 Å². The fourth-order valence-electron chi connectivity index (χ4n) is 3.29. The zero-order valence-corrected chi connectivity index (χ0v) is 13.9. The topological polar surface area (TPSA) is 64.6 Å². The number of fused-ring (bicyclic) bond motifs is 3. The monoisotopic (exact) mass is 324 g/mol. The first-order chi connectivity index (χ1) is 12.1. The number of nitrogens with zero attached hydrogens (tertiary/aromatic N) is 3. The van der Waals surface area contributed by atoms with Gasteiger partial charge in [0.15, 0.2) is 11.8 Å². The lowest BCUT2D eigenvalue weighted by Crippen LogP contribution is -2.30. The van der Waals surface area contributed by atoms with Gasteiger partial charge in [-0.3, -0.25) is 0 Å². The lowest BCUT2D eigenvalue weighted by Gasteiger charge is -2.04. The van der Waals surface area contributed by atoms with E-state index in [-0.39, 0.29) is 0 Å². The average molecular weight is 324 g/mol. The summed E-state index contributed by atoms with van der Waals surface area (Å²) in [6.07, 6.45) is 1.99. The van der Waals surface area contributed by atoms with Gasteiger partial charge in [-0.05, 0) is 30.7 Å². The second kappa shape index (κ2) is 5.47. The highest BCUT2D eigenvalue weighted by Gasteiger charge is 2.21. The number of hydrogen-bond acceptors (Lipinski definition) is 3. The lowest BCUT2D eigenvalue weighted by atomic mass is 9.99. The molecule has 2 heterocycles. The highest BCUT2D eigenvalue weighted by molar-refractivity contribution is 6.11. The quantitative estimate of drug-likeness (QED) is 0.495. The van der Waals surface area contributed by atoms with Crippen molar-refractivity contribution in [2.45, 2.75) is 6.92 Å². The molecule has 0 aliphatic carbocycles. The maximum atomic E-state index is 9.44. The summed E-state index contributed by atoms with van der Waals surface area (Å²) in [4.78, 5) is 0. The Morgan fingerprint density at radius 2 is 1.80 bits per heavy atom. The number of hydrogen-bond donors (Lipinski definition) is 0. The Bertz CT molecular complexity index is 1240. The minimum absolute atomic E-state index is 0.381. The highest BCUT2D eigenvalue weighted by Crippen LogP contribution is 2.38. The van der Waals surface area contributed by atoms with Crippen molar-refractivity contribution in [3.63, 3.8) is 0 Å². The van der Waals surface area contributed by atoms with Gasteiger partial charge in [0.25, 0.3) is 0 Å². The molecule has 0 fully saturated rings. The second-order valence-electron chi connectivity index (χ2n) is 6.06. The molecule has 0 saturated heterocycles. The molecule has 0 aliphatic rings. The third-order valence-corrected chi connectivity index (χ3v) is 4.51. The molecule has 4 heteroatoms. The molecule has 0 atom stereocenters. The Morgan fingerprint density at radius 3 is 2.52 bits per heavy atom. The smallest absolute Gasteiger partial charge is 0.216 e. The number of benzene rings is 2. The van der Waals surface area contributed by atoms with E-state index in [9.17, 15) is 10.5 Å². The van der Waals surface area contributed by atoms with Gasteiger partial charge in [-0.2, -0.15) is 10.5 Å². The Morgan fingerprint density at radius 1 is 0.960 bits per heavy atom. The molecule has 4 nitrogen and oxygen atoms in total. The van der Waals surface area contributed by atoms with E-state index in [0.717, 1.165) is 33.2 Å². The minimum atomic E-state index is 0.381. The summed E-state index contributed by atoms with van der Waals surface area (Å²) >= 11 is 0. The van der Waals surface area contributed by atoms with Crippen LogP contribution in [0, 0.1) is 29.6 Å². The largest absolute Gasteiger partial charge is 0.454 e. The van der Waals surface area contributed by atoms with Gasteiger partial charge in [0, 0.05) is 22.9 Å². The summed E-state index contributed by atoms with van der Waals surface area (Å²) in [6.45, 7) is 2.04. The fraction of sp³-hybridized carbons (Fsp3) is 0.0952. The molecule has 0 saturated carbocycles. The van der Waals surface area contributed by atoms with Crippen LogP contribution < -0.4 is 4.57 Å². The van der Waals surface area contributed by atoms with E-state index in [4.69, 9.17) is 4.42 Å². The summed E-state index contributed by atoms with van der Waals surface area (Å²) in [5.41, 5.74) is 5.23. The fourth-order valence-corrected chi connectivity index (χ4v) is 3.29. The first-order valence-corrected chi connectivity index (χ1v) is 7.89. The molecular weight excluding hydrogens is 310 g/mol. The van der Waals surface area contributed by atoms with Crippen LogP contribution in [-0.4, -0.2) is 0 Å². The molecule has 0 radical (unpaired) electrons. The Hall–Kier alpha value is -3.63. The molecule has 4 rings (SSSR count). The summed E-state index contributed by atoms with van der Waals surface area (Å²) in [6, 6.07) is 17.7. The number of aryl methyl sites for hydroxylation is 2. The predicted molar refractivity (Wildman–Crippen MR) is 94.5 cm³/mol. The van der Waals surface area contributed by atoms with Gasteiger partial charge in [-0.25, -0.2) is 4.57 Å². The maximum Gasteiger partial charge on any atom is 0.216 e. The standard InChI is InChI=1S/C21H14N3O/c1-13-6-7-16-17-10-14(11-22)9-15(12-23)20(17)25-21(16)19(13)18-5-3-4-8-24(18)2/h3-10H,1-2H3/q+1.